The topological polar surface area (TPSA) is 0 Å². The second-order valence-corrected chi connectivity index (χ2v) is 4.36. The molecule has 0 unspecified atom stereocenters. The summed E-state index contributed by atoms with van der Waals surface area (Å²) < 4.78 is 144. The Morgan fingerprint density at radius 2 is 0.875 bits per heavy atom. The highest BCUT2D eigenvalue weighted by Gasteiger charge is 2.39. The molecule has 2 aromatic rings. The lowest BCUT2D eigenvalue weighted by molar-refractivity contribution is -0.140. The number of hydrogen-bond acceptors (Lipinski definition) is 0. The molecule has 0 aliphatic carbocycles. The summed E-state index contributed by atoms with van der Waals surface area (Å²) in [7, 11) is 0. The van der Waals surface area contributed by atoms with Crippen LogP contribution in [0.15, 0.2) is 6.07 Å². The molecule has 24 heavy (non-hydrogen) atoms. The Balaban J connectivity index is 2.97. The Bertz CT molecular complexity index is 806. The van der Waals surface area contributed by atoms with Gasteiger partial charge in [0, 0.05) is 5.56 Å². The lowest BCUT2D eigenvalue weighted by Gasteiger charge is -2.14. The fourth-order valence-electron chi connectivity index (χ4n) is 1.83. The van der Waals surface area contributed by atoms with Crippen LogP contribution in [0.3, 0.4) is 0 Å². The van der Waals surface area contributed by atoms with Crippen molar-refractivity contribution in [1.82, 2.24) is 0 Å². The minimum absolute atomic E-state index is 0.591. The predicted molar refractivity (Wildman–Crippen MR) is 56.5 cm³/mol. The average Bonchev–Trinajstić information content (AvgIpc) is 2.49. The van der Waals surface area contributed by atoms with Crippen LogP contribution in [0.1, 0.15) is 5.56 Å². The minimum atomic E-state index is -5.63. The third kappa shape index (κ3) is 2.57. The average molecular weight is 366 g/mol. The third-order valence-corrected chi connectivity index (χ3v) is 2.93. The van der Waals surface area contributed by atoms with Crippen LogP contribution in [-0.4, -0.2) is 0 Å². The molecule has 0 fully saturated rings. The van der Waals surface area contributed by atoms with E-state index in [0.717, 1.165) is 0 Å². The van der Waals surface area contributed by atoms with Crippen LogP contribution in [0.5, 0.6) is 0 Å². The molecule has 0 aliphatic rings. The maximum atomic E-state index is 13.6. The van der Waals surface area contributed by atoms with E-state index in [0.29, 0.717) is 0 Å². The molecule has 11 heteroatoms. The summed E-state index contributed by atoms with van der Waals surface area (Å²) in [6.45, 7) is 0. The van der Waals surface area contributed by atoms with E-state index in [4.69, 9.17) is 0 Å². The number of halogens is 11. The molecule has 0 saturated carbocycles. The van der Waals surface area contributed by atoms with Crippen molar-refractivity contribution in [2.45, 2.75) is 6.18 Å². The first-order valence-corrected chi connectivity index (χ1v) is 5.66. The van der Waals surface area contributed by atoms with Crippen molar-refractivity contribution in [1.29, 1.82) is 0 Å². The van der Waals surface area contributed by atoms with Gasteiger partial charge in [0.15, 0.2) is 40.7 Å². The number of benzene rings is 2. The van der Waals surface area contributed by atoms with Crippen molar-refractivity contribution in [3.63, 3.8) is 0 Å². The largest absolute Gasteiger partial charge is 0.419 e. The zero-order valence-corrected chi connectivity index (χ0v) is 10.7. The predicted octanol–water partition coefficient (Wildman–Crippen LogP) is 5.49. The van der Waals surface area contributed by atoms with Gasteiger partial charge in [-0.2, -0.15) is 13.2 Å². The number of alkyl halides is 3. The summed E-state index contributed by atoms with van der Waals surface area (Å²) in [5, 5.41) is 0. The zero-order chi connectivity index (χ0) is 18.6. The Morgan fingerprint density at radius 1 is 0.500 bits per heavy atom. The highest BCUT2D eigenvalue weighted by molar-refractivity contribution is 5.67. The Kier molecular flexibility index (Phi) is 4.23. The Hall–Kier alpha value is -2.33. The van der Waals surface area contributed by atoms with Crippen molar-refractivity contribution in [2.75, 3.05) is 0 Å². The monoisotopic (exact) mass is 366 g/mol. The molecule has 0 radical (unpaired) electrons. The van der Waals surface area contributed by atoms with E-state index in [9.17, 15) is 48.3 Å². The molecule has 0 saturated heterocycles. The SMILES string of the molecule is Fc1c(-c2c(F)c(F)c(F)c(F)c2F)cc(C(F)(F)F)c(F)c1F. The van der Waals surface area contributed by atoms with E-state index in [1.54, 1.807) is 0 Å². The van der Waals surface area contributed by atoms with Crippen LogP contribution >= 0.6 is 0 Å². The van der Waals surface area contributed by atoms with Crippen molar-refractivity contribution in [2.24, 2.45) is 0 Å². The smallest absolute Gasteiger partial charge is 0.203 e. The van der Waals surface area contributed by atoms with Crippen molar-refractivity contribution in [3.05, 3.63) is 58.2 Å². The van der Waals surface area contributed by atoms with Gasteiger partial charge < -0.3 is 0 Å². The fraction of sp³-hybridized carbons (Fsp3) is 0.0769. The lowest BCUT2D eigenvalue weighted by atomic mass is 9.99. The standard InChI is InChI=1S/C13HF11/c14-5-2(1-3(13(22,23)24)6(15)9(5)18)4-7(16)10(19)12(21)11(20)8(4)17/h1H. The summed E-state index contributed by atoms with van der Waals surface area (Å²) >= 11 is 0. The normalized spacial score (nSPS) is 12.0. The first-order chi connectivity index (χ1) is 10.9. The molecule has 0 amide bonds. The van der Waals surface area contributed by atoms with E-state index in [-0.39, 0.29) is 0 Å². The van der Waals surface area contributed by atoms with Gasteiger partial charge in [-0.05, 0) is 6.07 Å². The molecule has 0 bridgehead atoms. The van der Waals surface area contributed by atoms with E-state index in [1.807, 2.05) is 0 Å². The van der Waals surface area contributed by atoms with Crippen LogP contribution in [0, 0.1) is 46.5 Å². The van der Waals surface area contributed by atoms with Crippen LogP contribution in [0.2, 0.25) is 0 Å². The van der Waals surface area contributed by atoms with Crippen LogP contribution in [0.25, 0.3) is 11.1 Å². The van der Waals surface area contributed by atoms with E-state index in [1.165, 1.54) is 0 Å². The van der Waals surface area contributed by atoms with Gasteiger partial charge in [0.2, 0.25) is 5.82 Å². The van der Waals surface area contributed by atoms with Crippen LogP contribution in [-0.2, 0) is 6.18 Å². The summed E-state index contributed by atoms with van der Waals surface area (Å²) in [6.07, 6.45) is -5.63. The van der Waals surface area contributed by atoms with Gasteiger partial charge in [-0.1, -0.05) is 0 Å². The molecule has 0 nitrogen and oxygen atoms in total. The van der Waals surface area contributed by atoms with E-state index < -0.39 is 75.5 Å². The van der Waals surface area contributed by atoms with Crippen LogP contribution < -0.4 is 0 Å². The molecular weight excluding hydrogens is 365 g/mol. The quantitative estimate of drug-likeness (QED) is 0.356. The summed E-state index contributed by atoms with van der Waals surface area (Å²) in [4.78, 5) is 0. The number of hydrogen-bond donors (Lipinski definition) is 0. The van der Waals surface area contributed by atoms with Gasteiger partial charge in [0.05, 0.1) is 11.1 Å². The van der Waals surface area contributed by atoms with Crippen molar-refractivity contribution in [3.8, 4) is 11.1 Å². The molecule has 2 aromatic carbocycles. The van der Waals surface area contributed by atoms with Gasteiger partial charge in [0.1, 0.15) is 0 Å². The molecule has 0 atom stereocenters. The highest BCUT2D eigenvalue weighted by Crippen LogP contribution is 2.39. The third-order valence-electron chi connectivity index (χ3n) is 2.93. The Morgan fingerprint density at radius 3 is 1.29 bits per heavy atom. The first-order valence-electron chi connectivity index (χ1n) is 5.66. The van der Waals surface area contributed by atoms with Crippen molar-refractivity contribution >= 4 is 0 Å². The second-order valence-electron chi connectivity index (χ2n) is 4.36. The van der Waals surface area contributed by atoms with Gasteiger partial charge in [0.25, 0.3) is 0 Å². The number of rotatable bonds is 1. The second kappa shape index (κ2) is 5.64. The van der Waals surface area contributed by atoms with Gasteiger partial charge in [-0.3, -0.25) is 0 Å². The lowest BCUT2D eigenvalue weighted by Crippen LogP contribution is -2.13. The van der Waals surface area contributed by atoms with Crippen LogP contribution in [0.4, 0.5) is 48.3 Å². The minimum Gasteiger partial charge on any atom is -0.203 e. The summed E-state index contributed by atoms with van der Waals surface area (Å²) in [5.74, 6) is -21.3. The van der Waals surface area contributed by atoms with Gasteiger partial charge in [-0.15, -0.1) is 0 Å². The fourth-order valence-corrected chi connectivity index (χ4v) is 1.83. The van der Waals surface area contributed by atoms with Crippen molar-refractivity contribution < 1.29 is 48.3 Å². The molecule has 0 heterocycles. The molecular formula is C13HF11. The van der Waals surface area contributed by atoms with E-state index in [2.05, 4.69) is 0 Å². The maximum Gasteiger partial charge on any atom is 0.419 e. The molecule has 0 spiro atoms. The maximum absolute atomic E-state index is 13.6. The molecule has 0 N–H and O–H groups in total. The molecule has 0 aromatic heterocycles. The molecule has 2 rings (SSSR count). The summed E-state index contributed by atoms with van der Waals surface area (Å²) in [6, 6.07) is -0.591. The highest BCUT2D eigenvalue weighted by atomic mass is 19.4. The Labute approximate surface area is 125 Å². The first kappa shape index (κ1) is 18.0. The molecule has 0 aliphatic heterocycles. The van der Waals surface area contributed by atoms with E-state index >= 15 is 0 Å². The van der Waals surface area contributed by atoms with Gasteiger partial charge in [-0.25, -0.2) is 35.1 Å². The zero-order valence-electron chi connectivity index (χ0n) is 10.7. The van der Waals surface area contributed by atoms with Gasteiger partial charge >= 0.3 is 6.18 Å². The summed E-state index contributed by atoms with van der Waals surface area (Å²) in [5.41, 5.74) is -6.62. The molecule has 130 valence electrons.